The number of aliphatic hydroxyl groups excluding tert-OH is 1. The van der Waals surface area contributed by atoms with Crippen molar-refractivity contribution < 1.29 is 19.4 Å². The number of aromatic nitrogens is 1. The average molecular weight is 262 g/mol. The van der Waals surface area contributed by atoms with Crippen molar-refractivity contribution in [3.8, 4) is 0 Å². The summed E-state index contributed by atoms with van der Waals surface area (Å²) >= 11 is 0. The number of carboxylic acid groups (broad SMARTS) is 1. The smallest absolute Gasteiger partial charge is 0.321 e. The van der Waals surface area contributed by atoms with Crippen LogP contribution in [0.5, 0.6) is 0 Å². The van der Waals surface area contributed by atoms with Gasteiger partial charge in [-0.15, -0.1) is 0 Å². The fourth-order valence-electron chi connectivity index (χ4n) is 2.47. The summed E-state index contributed by atoms with van der Waals surface area (Å²) in [5.41, 5.74) is 1.44. The second kappa shape index (κ2) is 4.64. The van der Waals surface area contributed by atoms with Gasteiger partial charge < -0.3 is 14.6 Å². The number of likely N-dealkylation sites (tertiary alicyclic amines) is 1. The van der Waals surface area contributed by atoms with E-state index in [0.717, 1.165) is 5.52 Å². The maximum atomic E-state index is 11.1. The quantitative estimate of drug-likeness (QED) is 0.852. The zero-order valence-electron chi connectivity index (χ0n) is 10.2. The predicted octanol–water partition coefficient (Wildman–Crippen LogP) is 0.848. The van der Waals surface area contributed by atoms with E-state index in [-0.39, 0.29) is 6.42 Å². The zero-order chi connectivity index (χ0) is 13.4. The monoisotopic (exact) mass is 262 g/mol. The van der Waals surface area contributed by atoms with Gasteiger partial charge >= 0.3 is 5.97 Å². The normalized spacial score (nSPS) is 24.1. The maximum absolute atomic E-state index is 11.1. The minimum Gasteiger partial charge on any atom is -0.480 e. The first-order valence-corrected chi connectivity index (χ1v) is 6.13. The fraction of sp³-hybridized carbons (Fsp3) is 0.385. The molecule has 2 aromatic rings. The molecule has 2 atom stereocenters. The van der Waals surface area contributed by atoms with Gasteiger partial charge in [0.15, 0.2) is 5.58 Å². The Bertz CT molecular complexity index is 576. The zero-order valence-corrected chi connectivity index (χ0v) is 10.2. The molecule has 2 unspecified atom stereocenters. The largest absolute Gasteiger partial charge is 0.480 e. The van der Waals surface area contributed by atoms with Gasteiger partial charge in [0, 0.05) is 13.0 Å². The van der Waals surface area contributed by atoms with Crippen molar-refractivity contribution in [3.63, 3.8) is 0 Å². The molecule has 0 aliphatic carbocycles. The summed E-state index contributed by atoms with van der Waals surface area (Å²) in [7, 11) is 0. The third-order valence-corrected chi connectivity index (χ3v) is 3.34. The average Bonchev–Trinajstić information content (AvgIpc) is 2.92. The molecule has 1 saturated heterocycles. The molecule has 0 radical (unpaired) electrons. The van der Waals surface area contributed by atoms with Crippen molar-refractivity contribution in [2.45, 2.75) is 25.1 Å². The Morgan fingerprint density at radius 3 is 3.00 bits per heavy atom. The van der Waals surface area contributed by atoms with Gasteiger partial charge in [-0.1, -0.05) is 12.1 Å². The van der Waals surface area contributed by atoms with E-state index in [1.807, 2.05) is 24.3 Å². The predicted molar refractivity (Wildman–Crippen MR) is 66.5 cm³/mol. The molecule has 1 aromatic carbocycles. The molecule has 1 aliphatic rings. The Morgan fingerprint density at radius 2 is 2.26 bits per heavy atom. The van der Waals surface area contributed by atoms with E-state index in [2.05, 4.69) is 4.98 Å². The number of aliphatic carboxylic acids is 1. The summed E-state index contributed by atoms with van der Waals surface area (Å²) in [4.78, 5) is 17.1. The number of fused-ring (bicyclic) bond motifs is 1. The van der Waals surface area contributed by atoms with Gasteiger partial charge in [0.05, 0.1) is 12.6 Å². The molecule has 0 saturated carbocycles. The van der Waals surface area contributed by atoms with Crippen LogP contribution in [0.25, 0.3) is 11.1 Å². The Hall–Kier alpha value is -1.92. The summed E-state index contributed by atoms with van der Waals surface area (Å²) in [6.45, 7) is 0.623. The van der Waals surface area contributed by atoms with Crippen LogP contribution in [0, 0.1) is 0 Å². The molecule has 2 N–H and O–H groups in total. The molecule has 1 aromatic heterocycles. The van der Waals surface area contributed by atoms with Crippen LogP contribution in [-0.2, 0) is 11.3 Å². The second-order valence-corrected chi connectivity index (χ2v) is 4.75. The first-order chi connectivity index (χ1) is 9.13. The lowest BCUT2D eigenvalue weighted by Crippen LogP contribution is -2.35. The molecule has 0 spiro atoms. The highest BCUT2D eigenvalue weighted by atomic mass is 16.4. The number of aliphatic hydroxyl groups is 1. The lowest BCUT2D eigenvalue weighted by Gasteiger charge is -2.18. The van der Waals surface area contributed by atoms with Gasteiger partial charge in [0.25, 0.3) is 0 Å². The number of β-amino-alcohol motifs (C(OH)–C–C–N with tert-alkyl or cyclic N) is 1. The number of nitrogens with zero attached hydrogens (tertiary/aromatic N) is 2. The molecule has 3 rings (SSSR count). The molecule has 0 bridgehead atoms. The highest BCUT2D eigenvalue weighted by molar-refractivity contribution is 5.74. The van der Waals surface area contributed by atoms with E-state index < -0.39 is 18.1 Å². The minimum absolute atomic E-state index is 0.246. The number of carboxylic acids is 1. The lowest BCUT2D eigenvalue weighted by atomic mass is 10.2. The summed E-state index contributed by atoms with van der Waals surface area (Å²) in [6, 6.07) is 6.71. The van der Waals surface area contributed by atoms with Crippen molar-refractivity contribution in [2.24, 2.45) is 0 Å². The number of rotatable bonds is 3. The van der Waals surface area contributed by atoms with E-state index in [1.54, 1.807) is 4.90 Å². The van der Waals surface area contributed by atoms with Crippen LogP contribution < -0.4 is 0 Å². The highest BCUT2D eigenvalue weighted by Gasteiger charge is 2.36. The topological polar surface area (TPSA) is 86.8 Å². The number of para-hydroxylation sites is 2. The molecule has 6 heteroatoms. The van der Waals surface area contributed by atoms with Gasteiger partial charge in [0.1, 0.15) is 11.6 Å². The molecular formula is C13H14N2O4. The Morgan fingerprint density at radius 1 is 1.47 bits per heavy atom. The van der Waals surface area contributed by atoms with Crippen LogP contribution in [0.15, 0.2) is 28.7 Å². The number of benzene rings is 1. The fourth-order valence-corrected chi connectivity index (χ4v) is 2.47. The second-order valence-electron chi connectivity index (χ2n) is 4.75. The summed E-state index contributed by atoms with van der Waals surface area (Å²) < 4.78 is 5.57. The van der Waals surface area contributed by atoms with Crippen LogP contribution >= 0.6 is 0 Å². The molecule has 2 heterocycles. The van der Waals surface area contributed by atoms with Gasteiger partial charge in [-0.2, -0.15) is 0 Å². The van der Waals surface area contributed by atoms with E-state index >= 15 is 0 Å². The number of hydrogen-bond acceptors (Lipinski definition) is 5. The molecule has 6 nitrogen and oxygen atoms in total. The Kier molecular flexibility index (Phi) is 2.96. The van der Waals surface area contributed by atoms with E-state index in [4.69, 9.17) is 9.52 Å². The highest BCUT2D eigenvalue weighted by Crippen LogP contribution is 2.22. The SMILES string of the molecule is O=C(O)C1CC(O)CN1Cc1nc2ccccc2o1. The third kappa shape index (κ3) is 2.32. The van der Waals surface area contributed by atoms with Gasteiger partial charge in [-0.3, -0.25) is 9.69 Å². The van der Waals surface area contributed by atoms with Crippen LogP contribution in [-0.4, -0.2) is 44.8 Å². The van der Waals surface area contributed by atoms with Crippen LogP contribution in [0.4, 0.5) is 0 Å². The summed E-state index contributed by atoms with van der Waals surface area (Å²) in [6.07, 6.45) is -0.360. The summed E-state index contributed by atoms with van der Waals surface area (Å²) in [5, 5.41) is 18.7. The number of hydrogen-bond donors (Lipinski definition) is 2. The van der Waals surface area contributed by atoms with Crippen LogP contribution in [0.1, 0.15) is 12.3 Å². The van der Waals surface area contributed by atoms with E-state index in [0.29, 0.717) is 24.6 Å². The van der Waals surface area contributed by atoms with Gasteiger partial charge in [-0.05, 0) is 12.1 Å². The number of carbonyl (C=O) groups is 1. The summed E-state index contributed by atoms with van der Waals surface area (Å²) in [5.74, 6) is -0.450. The maximum Gasteiger partial charge on any atom is 0.321 e. The Balaban J connectivity index is 1.82. The molecular weight excluding hydrogens is 248 g/mol. The first kappa shape index (κ1) is 12.1. The van der Waals surface area contributed by atoms with E-state index in [1.165, 1.54) is 0 Å². The van der Waals surface area contributed by atoms with Crippen molar-refractivity contribution in [1.82, 2.24) is 9.88 Å². The molecule has 1 fully saturated rings. The Labute approximate surface area is 109 Å². The van der Waals surface area contributed by atoms with Crippen molar-refractivity contribution >= 4 is 17.1 Å². The van der Waals surface area contributed by atoms with Gasteiger partial charge in [0.2, 0.25) is 5.89 Å². The molecule has 0 amide bonds. The van der Waals surface area contributed by atoms with Crippen LogP contribution in [0.3, 0.4) is 0 Å². The minimum atomic E-state index is -0.923. The van der Waals surface area contributed by atoms with Crippen molar-refractivity contribution in [3.05, 3.63) is 30.2 Å². The van der Waals surface area contributed by atoms with Crippen LogP contribution in [0.2, 0.25) is 0 Å². The standard InChI is InChI=1S/C13H14N2O4/c16-8-5-10(13(17)18)15(6-8)7-12-14-9-3-1-2-4-11(9)19-12/h1-4,8,10,16H,5-7H2,(H,17,18). The van der Waals surface area contributed by atoms with Gasteiger partial charge in [-0.25, -0.2) is 4.98 Å². The van der Waals surface area contributed by atoms with Crippen molar-refractivity contribution in [1.29, 1.82) is 0 Å². The van der Waals surface area contributed by atoms with E-state index in [9.17, 15) is 9.90 Å². The van der Waals surface area contributed by atoms with Crippen molar-refractivity contribution in [2.75, 3.05) is 6.54 Å². The molecule has 1 aliphatic heterocycles. The lowest BCUT2D eigenvalue weighted by molar-refractivity contribution is -0.142. The molecule has 19 heavy (non-hydrogen) atoms. The first-order valence-electron chi connectivity index (χ1n) is 6.13. The number of oxazole rings is 1. The third-order valence-electron chi connectivity index (χ3n) is 3.34. The molecule has 100 valence electrons.